The maximum atomic E-state index is 12.6. The number of carbonyl (C=O) groups is 1. The SMILES string of the molecule is CCCOc1ccc(/C=C/C(=O)N2CC=C(c3c[nH]c4ccc(Cl)cc34)CC2)cc1. The summed E-state index contributed by atoms with van der Waals surface area (Å²) in [5.74, 6) is 0.881. The van der Waals surface area contributed by atoms with E-state index in [1.54, 1.807) is 6.08 Å². The molecule has 0 atom stereocenters. The Balaban J connectivity index is 1.39. The number of amides is 1. The number of rotatable bonds is 6. The number of aromatic nitrogens is 1. The van der Waals surface area contributed by atoms with Gasteiger partial charge in [0.05, 0.1) is 6.61 Å². The third kappa shape index (κ3) is 4.60. The standard InChI is InChI=1S/C25H25ClN2O2/c1-2-15-30-21-7-3-18(4-8-21)5-10-25(29)28-13-11-19(12-14-28)23-17-27-24-9-6-20(26)16-22(23)24/h3-11,16-17,27H,2,12-15H2,1H3/b10-5+. The van der Waals surface area contributed by atoms with Gasteiger partial charge in [0, 0.05) is 46.9 Å². The number of ether oxygens (including phenoxy) is 1. The van der Waals surface area contributed by atoms with Crippen molar-refractivity contribution >= 4 is 40.1 Å². The van der Waals surface area contributed by atoms with Gasteiger partial charge in [-0.25, -0.2) is 0 Å². The molecule has 1 aliphatic rings. The van der Waals surface area contributed by atoms with E-state index in [0.717, 1.165) is 40.1 Å². The van der Waals surface area contributed by atoms with Crippen LogP contribution in [-0.4, -0.2) is 35.5 Å². The highest BCUT2D eigenvalue weighted by Crippen LogP contribution is 2.31. The molecule has 1 amide bonds. The number of hydrogen-bond donors (Lipinski definition) is 1. The van der Waals surface area contributed by atoms with E-state index in [1.807, 2.05) is 59.6 Å². The lowest BCUT2D eigenvalue weighted by atomic mass is 9.99. The van der Waals surface area contributed by atoms with Crippen LogP contribution in [0.5, 0.6) is 5.75 Å². The van der Waals surface area contributed by atoms with Crippen LogP contribution in [0.15, 0.2) is 60.8 Å². The molecule has 0 spiro atoms. The third-order valence-electron chi connectivity index (χ3n) is 5.28. The Kier molecular flexibility index (Phi) is 6.24. The largest absolute Gasteiger partial charge is 0.494 e. The van der Waals surface area contributed by atoms with Crippen LogP contribution in [-0.2, 0) is 4.79 Å². The van der Waals surface area contributed by atoms with Crippen LogP contribution in [0.4, 0.5) is 0 Å². The molecule has 0 radical (unpaired) electrons. The maximum Gasteiger partial charge on any atom is 0.246 e. The number of nitrogens with one attached hydrogen (secondary N) is 1. The average Bonchev–Trinajstić information content (AvgIpc) is 3.20. The monoisotopic (exact) mass is 420 g/mol. The summed E-state index contributed by atoms with van der Waals surface area (Å²) in [7, 11) is 0. The zero-order valence-corrected chi connectivity index (χ0v) is 17.8. The quantitative estimate of drug-likeness (QED) is 0.501. The maximum absolute atomic E-state index is 12.6. The molecule has 0 aliphatic carbocycles. The van der Waals surface area contributed by atoms with Crippen LogP contribution in [0.3, 0.4) is 0 Å². The normalized spacial score (nSPS) is 14.3. The average molecular weight is 421 g/mol. The van der Waals surface area contributed by atoms with Crippen LogP contribution >= 0.6 is 11.6 Å². The molecular formula is C25H25ClN2O2. The van der Waals surface area contributed by atoms with Crippen molar-refractivity contribution in [1.82, 2.24) is 9.88 Å². The molecule has 1 N–H and O–H groups in total. The van der Waals surface area contributed by atoms with Gasteiger partial charge in [-0.15, -0.1) is 0 Å². The lowest BCUT2D eigenvalue weighted by Gasteiger charge is -2.25. The number of carbonyl (C=O) groups excluding carboxylic acids is 1. The molecule has 2 heterocycles. The Morgan fingerprint density at radius 1 is 1.23 bits per heavy atom. The van der Waals surface area contributed by atoms with E-state index in [9.17, 15) is 4.79 Å². The minimum absolute atomic E-state index is 0.0265. The van der Waals surface area contributed by atoms with E-state index < -0.39 is 0 Å². The van der Waals surface area contributed by atoms with Crippen molar-refractivity contribution in [1.29, 1.82) is 0 Å². The van der Waals surface area contributed by atoms with Crippen molar-refractivity contribution in [3.8, 4) is 5.75 Å². The molecule has 0 bridgehead atoms. The summed E-state index contributed by atoms with van der Waals surface area (Å²) in [5, 5.41) is 1.85. The number of benzene rings is 2. The minimum atomic E-state index is 0.0265. The molecule has 1 aromatic heterocycles. The second-order valence-corrected chi connectivity index (χ2v) is 7.84. The zero-order valence-electron chi connectivity index (χ0n) is 17.0. The smallest absolute Gasteiger partial charge is 0.246 e. The molecule has 1 aliphatic heterocycles. The van der Waals surface area contributed by atoms with E-state index in [4.69, 9.17) is 16.3 Å². The fourth-order valence-electron chi connectivity index (χ4n) is 3.64. The number of fused-ring (bicyclic) bond motifs is 1. The van der Waals surface area contributed by atoms with Gasteiger partial charge in [0.25, 0.3) is 0 Å². The van der Waals surface area contributed by atoms with E-state index in [0.29, 0.717) is 19.7 Å². The first kappa shape index (κ1) is 20.3. The Morgan fingerprint density at radius 2 is 2.07 bits per heavy atom. The Morgan fingerprint density at radius 3 is 2.80 bits per heavy atom. The van der Waals surface area contributed by atoms with Gasteiger partial charge in [-0.3, -0.25) is 4.79 Å². The highest BCUT2D eigenvalue weighted by Gasteiger charge is 2.18. The second kappa shape index (κ2) is 9.23. The van der Waals surface area contributed by atoms with Crippen molar-refractivity contribution < 1.29 is 9.53 Å². The van der Waals surface area contributed by atoms with Gasteiger partial charge in [-0.1, -0.05) is 36.7 Å². The summed E-state index contributed by atoms with van der Waals surface area (Å²) in [5.41, 5.74) is 4.47. The van der Waals surface area contributed by atoms with Gasteiger partial charge in [0.2, 0.25) is 5.91 Å². The summed E-state index contributed by atoms with van der Waals surface area (Å²) in [4.78, 5) is 17.8. The molecule has 4 rings (SSSR count). The lowest BCUT2D eigenvalue weighted by molar-refractivity contribution is -0.125. The van der Waals surface area contributed by atoms with Crippen molar-refractivity contribution in [2.75, 3.05) is 19.7 Å². The molecular weight excluding hydrogens is 396 g/mol. The topological polar surface area (TPSA) is 45.3 Å². The van der Waals surface area contributed by atoms with E-state index in [1.165, 1.54) is 11.1 Å². The van der Waals surface area contributed by atoms with Gasteiger partial charge < -0.3 is 14.6 Å². The van der Waals surface area contributed by atoms with E-state index in [2.05, 4.69) is 18.0 Å². The Hall–Kier alpha value is -2.98. The summed E-state index contributed by atoms with van der Waals surface area (Å²) >= 11 is 6.17. The van der Waals surface area contributed by atoms with Gasteiger partial charge in [0.1, 0.15) is 5.75 Å². The molecule has 5 heteroatoms. The number of hydrogen-bond acceptors (Lipinski definition) is 2. The third-order valence-corrected chi connectivity index (χ3v) is 5.52. The van der Waals surface area contributed by atoms with Crippen molar-refractivity contribution in [3.05, 3.63) is 77.0 Å². The minimum Gasteiger partial charge on any atom is -0.494 e. The van der Waals surface area contributed by atoms with Gasteiger partial charge in [-0.2, -0.15) is 0 Å². The molecule has 30 heavy (non-hydrogen) atoms. The number of H-pyrrole nitrogens is 1. The molecule has 4 nitrogen and oxygen atoms in total. The predicted octanol–water partition coefficient (Wildman–Crippen LogP) is 5.94. The molecule has 0 unspecified atom stereocenters. The zero-order chi connectivity index (χ0) is 20.9. The van der Waals surface area contributed by atoms with E-state index >= 15 is 0 Å². The fourth-order valence-corrected chi connectivity index (χ4v) is 3.81. The molecule has 0 fully saturated rings. The summed E-state index contributed by atoms with van der Waals surface area (Å²) in [6.07, 6.45) is 9.47. The summed E-state index contributed by atoms with van der Waals surface area (Å²) < 4.78 is 5.59. The van der Waals surface area contributed by atoms with Gasteiger partial charge >= 0.3 is 0 Å². The molecule has 3 aromatic rings. The molecule has 0 saturated carbocycles. The van der Waals surface area contributed by atoms with Crippen LogP contribution in [0.1, 0.15) is 30.9 Å². The highest BCUT2D eigenvalue weighted by atomic mass is 35.5. The Bertz CT molecular complexity index is 1100. The summed E-state index contributed by atoms with van der Waals surface area (Å²) in [6, 6.07) is 13.7. The van der Waals surface area contributed by atoms with Gasteiger partial charge in [-0.05, 0) is 60.4 Å². The first-order valence-electron chi connectivity index (χ1n) is 10.3. The van der Waals surface area contributed by atoms with Crippen molar-refractivity contribution in [2.45, 2.75) is 19.8 Å². The number of aromatic amines is 1. The van der Waals surface area contributed by atoms with Crippen LogP contribution in [0.25, 0.3) is 22.6 Å². The van der Waals surface area contributed by atoms with Crippen molar-refractivity contribution in [3.63, 3.8) is 0 Å². The van der Waals surface area contributed by atoms with E-state index in [-0.39, 0.29) is 5.91 Å². The Labute approximate surface area is 181 Å². The second-order valence-electron chi connectivity index (χ2n) is 7.41. The highest BCUT2D eigenvalue weighted by molar-refractivity contribution is 6.31. The molecule has 0 saturated heterocycles. The van der Waals surface area contributed by atoms with Gasteiger partial charge in [0.15, 0.2) is 0 Å². The van der Waals surface area contributed by atoms with Crippen molar-refractivity contribution in [2.24, 2.45) is 0 Å². The molecule has 2 aromatic carbocycles. The lowest BCUT2D eigenvalue weighted by Crippen LogP contribution is -2.33. The first-order chi connectivity index (χ1) is 14.6. The predicted molar refractivity (Wildman–Crippen MR) is 124 cm³/mol. The fraction of sp³-hybridized carbons (Fsp3) is 0.240. The number of halogens is 1. The number of nitrogens with zero attached hydrogens (tertiary/aromatic N) is 1. The van der Waals surface area contributed by atoms with Crippen LogP contribution in [0.2, 0.25) is 5.02 Å². The van der Waals surface area contributed by atoms with Crippen LogP contribution < -0.4 is 4.74 Å². The molecule has 154 valence electrons. The summed E-state index contributed by atoms with van der Waals surface area (Å²) in [6.45, 7) is 4.10. The first-order valence-corrected chi connectivity index (χ1v) is 10.7. The van der Waals surface area contributed by atoms with Crippen LogP contribution in [0, 0.1) is 0 Å².